The number of aromatic nitrogens is 4. The minimum Gasteiger partial charge on any atom is -0.497 e. The molecular weight excluding hydrogens is 374 g/mol. The number of nitrogens with one attached hydrogen (secondary N) is 1. The third kappa shape index (κ3) is 4.69. The van der Waals surface area contributed by atoms with Crippen LogP contribution < -0.4 is 10.1 Å². The van der Waals surface area contributed by atoms with Crippen molar-refractivity contribution in [1.29, 1.82) is 0 Å². The van der Waals surface area contributed by atoms with E-state index in [9.17, 15) is 4.79 Å². The fourth-order valence-corrected chi connectivity index (χ4v) is 3.35. The van der Waals surface area contributed by atoms with Crippen molar-refractivity contribution >= 4 is 23.4 Å². The molecular formula is C20H23N5O2S. The van der Waals surface area contributed by atoms with E-state index in [0.717, 1.165) is 17.1 Å². The van der Waals surface area contributed by atoms with Crippen LogP contribution in [0.3, 0.4) is 0 Å². The highest BCUT2D eigenvalue weighted by atomic mass is 32.2. The van der Waals surface area contributed by atoms with Gasteiger partial charge in [-0.05, 0) is 65.2 Å². The van der Waals surface area contributed by atoms with E-state index in [-0.39, 0.29) is 11.2 Å². The Labute approximate surface area is 168 Å². The average Bonchev–Trinajstić information content (AvgIpc) is 3.16. The van der Waals surface area contributed by atoms with E-state index in [1.165, 1.54) is 17.3 Å². The van der Waals surface area contributed by atoms with Crippen molar-refractivity contribution in [2.24, 2.45) is 0 Å². The molecule has 0 spiro atoms. The van der Waals surface area contributed by atoms with Crippen LogP contribution >= 0.6 is 11.8 Å². The molecule has 0 aliphatic heterocycles. The van der Waals surface area contributed by atoms with E-state index in [4.69, 9.17) is 4.74 Å². The monoisotopic (exact) mass is 397 g/mol. The molecule has 146 valence electrons. The number of carbonyl (C=O) groups is 1. The Hall–Kier alpha value is -2.87. The molecule has 1 atom stereocenters. The quantitative estimate of drug-likeness (QED) is 0.609. The molecule has 7 nitrogen and oxygen atoms in total. The van der Waals surface area contributed by atoms with Crippen molar-refractivity contribution in [2.45, 2.75) is 37.1 Å². The van der Waals surface area contributed by atoms with E-state index in [2.05, 4.69) is 34.7 Å². The molecule has 0 aliphatic carbocycles. The summed E-state index contributed by atoms with van der Waals surface area (Å²) < 4.78 is 6.77. The first-order valence-corrected chi connectivity index (χ1v) is 9.86. The van der Waals surface area contributed by atoms with E-state index < -0.39 is 0 Å². The number of benzene rings is 2. The molecule has 0 aliphatic rings. The van der Waals surface area contributed by atoms with E-state index >= 15 is 0 Å². The van der Waals surface area contributed by atoms with Gasteiger partial charge in [-0.2, -0.15) is 4.68 Å². The Balaban J connectivity index is 1.66. The lowest BCUT2D eigenvalue weighted by Gasteiger charge is -2.13. The summed E-state index contributed by atoms with van der Waals surface area (Å²) in [6.07, 6.45) is 0. The molecule has 28 heavy (non-hydrogen) atoms. The van der Waals surface area contributed by atoms with Crippen LogP contribution in [0.1, 0.15) is 32.3 Å². The number of amides is 1. The minimum absolute atomic E-state index is 0.105. The van der Waals surface area contributed by atoms with Crippen molar-refractivity contribution in [2.75, 3.05) is 12.4 Å². The van der Waals surface area contributed by atoms with Gasteiger partial charge < -0.3 is 10.1 Å². The number of carbonyl (C=O) groups excluding carboxylic acids is 1. The summed E-state index contributed by atoms with van der Waals surface area (Å²) in [5.41, 5.74) is 2.81. The first-order valence-electron chi connectivity index (χ1n) is 8.98. The molecule has 3 aromatic rings. The lowest BCUT2D eigenvalue weighted by Crippen LogP contribution is -2.23. The van der Waals surface area contributed by atoms with Gasteiger partial charge in [-0.1, -0.05) is 37.7 Å². The van der Waals surface area contributed by atoms with Gasteiger partial charge in [-0.25, -0.2) is 0 Å². The largest absolute Gasteiger partial charge is 0.497 e. The Morgan fingerprint density at radius 1 is 1.07 bits per heavy atom. The lowest BCUT2D eigenvalue weighted by molar-refractivity contribution is -0.115. The topological polar surface area (TPSA) is 81.9 Å². The molecule has 0 saturated heterocycles. The molecule has 1 heterocycles. The number of tetrazole rings is 1. The molecule has 0 saturated carbocycles. The van der Waals surface area contributed by atoms with Crippen LogP contribution in [0.4, 0.5) is 5.69 Å². The van der Waals surface area contributed by atoms with Crippen LogP contribution in [0.2, 0.25) is 0 Å². The zero-order valence-electron chi connectivity index (χ0n) is 16.3. The summed E-state index contributed by atoms with van der Waals surface area (Å²) in [5, 5.41) is 14.9. The number of ether oxygens (including phenoxy) is 1. The van der Waals surface area contributed by atoms with Gasteiger partial charge in [0.25, 0.3) is 0 Å². The van der Waals surface area contributed by atoms with Crippen LogP contribution in [0.25, 0.3) is 5.69 Å². The van der Waals surface area contributed by atoms with Crippen LogP contribution in [0, 0.1) is 0 Å². The first-order chi connectivity index (χ1) is 13.5. The van der Waals surface area contributed by atoms with Gasteiger partial charge in [0.2, 0.25) is 11.1 Å². The maximum absolute atomic E-state index is 12.6. The lowest BCUT2D eigenvalue weighted by atomic mass is 10.0. The number of anilines is 1. The molecule has 1 amide bonds. The Kier molecular flexibility index (Phi) is 6.30. The molecule has 1 N–H and O–H groups in total. The SMILES string of the molecule is COc1ccc(-n2nnnc2S[C@H](C)C(=O)Nc2ccc(C(C)C)cc2)cc1. The highest BCUT2D eigenvalue weighted by Crippen LogP contribution is 2.25. The van der Waals surface area contributed by atoms with Gasteiger partial charge in [0.15, 0.2) is 0 Å². The summed E-state index contributed by atoms with van der Waals surface area (Å²) in [6, 6.07) is 15.3. The zero-order valence-corrected chi connectivity index (χ0v) is 17.1. The smallest absolute Gasteiger partial charge is 0.237 e. The van der Waals surface area contributed by atoms with Crippen molar-refractivity contribution in [3.63, 3.8) is 0 Å². The molecule has 0 unspecified atom stereocenters. The molecule has 0 bridgehead atoms. The molecule has 2 aromatic carbocycles. The fourth-order valence-electron chi connectivity index (χ4n) is 2.54. The average molecular weight is 398 g/mol. The number of nitrogens with zero attached hydrogens (tertiary/aromatic N) is 4. The maximum Gasteiger partial charge on any atom is 0.237 e. The number of rotatable bonds is 7. The second-order valence-corrected chi connectivity index (χ2v) is 7.91. The second kappa shape index (κ2) is 8.88. The summed E-state index contributed by atoms with van der Waals surface area (Å²) in [5.74, 6) is 1.10. The highest BCUT2D eigenvalue weighted by molar-refractivity contribution is 8.00. The summed E-state index contributed by atoms with van der Waals surface area (Å²) in [6.45, 7) is 6.11. The van der Waals surface area contributed by atoms with E-state index in [0.29, 0.717) is 11.1 Å². The highest BCUT2D eigenvalue weighted by Gasteiger charge is 2.19. The number of hydrogen-bond donors (Lipinski definition) is 1. The number of thioether (sulfide) groups is 1. The summed E-state index contributed by atoms with van der Waals surface area (Å²) in [4.78, 5) is 12.6. The fraction of sp³-hybridized carbons (Fsp3) is 0.300. The van der Waals surface area contributed by atoms with Gasteiger partial charge in [0.05, 0.1) is 18.0 Å². The van der Waals surface area contributed by atoms with Gasteiger partial charge in [-0.15, -0.1) is 5.10 Å². The molecule has 0 radical (unpaired) electrons. The molecule has 1 aromatic heterocycles. The zero-order chi connectivity index (χ0) is 20.1. The molecule has 0 fully saturated rings. The normalized spacial score (nSPS) is 12.0. The standard InChI is InChI=1S/C20H23N5O2S/c1-13(2)15-5-7-16(8-6-15)21-19(26)14(3)28-20-22-23-24-25(20)17-9-11-18(27-4)12-10-17/h5-14H,1-4H3,(H,21,26)/t14-/m1/s1. The van der Waals surface area contributed by atoms with Crippen molar-refractivity contribution in [3.05, 3.63) is 54.1 Å². The van der Waals surface area contributed by atoms with Crippen molar-refractivity contribution in [3.8, 4) is 11.4 Å². The summed E-state index contributed by atoms with van der Waals surface area (Å²) in [7, 11) is 1.62. The predicted octanol–water partition coefficient (Wildman–Crippen LogP) is 3.91. The van der Waals surface area contributed by atoms with Gasteiger partial charge in [-0.3, -0.25) is 4.79 Å². The van der Waals surface area contributed by atoms with Crippen LogP contribution in [-0.4, -0.2) is 38.5 Å². The molecule has 3 rings (SSSR count). The van der Waals surface area contributed by atoms with Gasteiger partial charge in [0.1, 0.15) is 5.75 Å². The van der Waals surface area contributed by atoms with Gasteiger partial charge in [0, 0.05) is 5.69 Å². The number of hydrogen-bond acceptors (Lipinski definition) is 6. The molecule has 8 heteroatoms. The van der Waals surface area contributed by atoms with Crippen LogP contribution in [-0.2, 0) is 4.79 Å². The third-order valence-corrected chi connectivity index (χ3v) is 5.29. The van der Waals surface area contributed by atoms with Gasteiger partial charge >= 0.3 is 0 Å². The van der Waals surface area contributed by atoms with E-state index in [1.807, 2.05) is 55.5 Å². The number of methoxy groups -OCH3 is 1. The Morgan fingerprint density at radius 3 is 2.36 bits per heavy atom. The van der Waals surface area contributed by atoms with Crippen LogP contribution in [0.5, 0.6) is 5.75 Å². The minimum atomic E-state index is -0.368. The van der Waals surface area contributed by atoms with Crippen molar-refractivity contribution in [1.82, 2.24) is 20.2 Å². The third-order valence-electron chi connectivity index (χ3n) is 4.25. The van der Waals surface area contributed by atoms with Crippen LogP contribution in [0.15, 0.2) is 53.7 Å². The maximum atomic E-state index is 12.6. The van der Waals surface area contributed by atoms with Crippen molar-refractivity contribution < 1.29 is 9.53 Å². The van der Waals surface area contributed by atoms with E-state index in [1.54, 1.807) is 11.8 Å². The predicted molar refractivity (Wildman–Crippen MR) is 110 cm³/mol. The first kappa shape index (κ1) is 19.9. The Bertz CT molecular complexity index is 923. The second-order valence-electron chi connectivity index (χ2n) is 6.60. The summed E-state index contributed by atoms with van der Waals surface area (Å²) >= 11 is 1.30. The Morgan fingerprint density at radius 2 is 1.75 bits per heavy atom.